The number of benzene rings is 1. The molecule has 1 aliphatic rings. The molecule has 2 N–H and O–H groups in total. The smallest absolute Gasteiger partial charge is 0.126 e. The van der Waals surface area contributed by atoms with Crippen molar-refractivity contribution in [1.29, 1.82) is 0 Å². The third kappa shape index (κ3) is 4.74. The summed E-state index contributed by atoms with van der Waals surface area (Å²) >= 11 is 3.52. The molecule has 1 aliphatic carbocycles. The van der Waals surface area contributed by atoms with Gasteiger partial charge in [0.25, 0.3) is 0 Å². The van der Waals surface area contributed by atoms with Crippen molar-refractivity contribution in [1.82, 2.24) is 5.32 Å². The zero-order valence-electron chi connectivity index (χ0n) is 12.0. The number of hydrogen-bond acceptors (Lipinski definition) is 4. The van der Waals surface area contributed by atoms with Crippen LogP contribution in [0.3, 0.4) is 0 Å². The third-order valence-electron chi connectivity index (χ3n) is 3.25. The van der Waals surface area contributed by atoms with Crippen LogP contribution in [0.25, 0.3) is 0 Å². The molecular weight excluding hydrogens is 322 g/mol. The van der Waals surface area contributed by atoms with Crippen LogP contribution in [-0.2, 0) is 11.3 Å². The van der Waals surface area contributed by atoms with E-state index >= 15 is 0 Å². The summed E-state index contributed by atoms with van der Waals surface area (Å²) in [6.45, 7) is 3.34. The Balaban J connectivity index is 2.03. The SMILES string of the molecule is COCC(O)COc1c(C)cc(Br)cc1CNC1CC1. The molecular formula is C15H22BrNO3. The molecule has 0 bridgehead atoms. The van der Waals surface area contributed by atoms with Crippen LogP contribution in [0.1, 0.15) is 24.0 Å². The number of aliphatic hydroxyl groups is 1. The van der Waals surface area contributed by atoms with E-state index in [9.17, 15) is 5.11 Å². The maximum Gasteiger partial charge on any atom is 0.126 e. The number of halogens is 1. The van der Waals surface area contributed by atoms with Gasteiger partial charge in [0.05, 0.1) is 6.61 Å². The summed E-state index contributed by atoms with van der Waals surface area (Å²) < 4.78 is 11.8. The average Bonchev–Trinajstić information content (AvgIpc) is 3.19. The minimum absolute atomic E-state index is 0.243. The van der Waals surface area contributed by atoms with Crippen LogP contribution in [-0.4, -0.2) is 37.6 Å². The van der Waals surface area contributed by atoms with E-state index in [-0.39, 0.29) is 13.2 Å². The second-order valence-electron chi connectivity index (χ2n) is 5.29. The molecule has 1 saturated carbocycles. The van der Waals surface area contributed by atoms with Crippen LogP contribution in [0.4, 0.5) is 0 Å². The van der Waals surface area contributed by atoms with E-state index in [4.69, 9.17) is 9.47 Å². The summed E-state index contributed by atoms with van der Waals surface area (Å²) in [4.78, 5) is 0. The highest BCUT2D eigenvalue weighted by atomic mass is 79.9. The molecule has 1 fully saturated rings. The van der Waals surface area contributed by atoms with Crippen LogP contribution >= 0.6 is 15.9 Å². The molecule has 1 aromatic carbocycles. The molecule has 1 unspecified atom stereocenters. The molecule has 0 saturated heterocycles. The number of ether oxygens (including phenoxy) is 2. The summed E-state index contributed by atoms with van der Waals surface area (Å²) in [5, 5.41) is 13.2. The van der Waals surface area contributed by atoms with Crippen LogP contribution in [0.2, 0.25) is 0 Å². The molecule has 0 aliphatic heterocycles. The highest BCUT2D eigenvalue weighted by Crippen LogP contribution is 2.29. The lowest BCUT2D eigenvalue weighted by atomic mass is 10.1. The van der Waals surface area contributed by atoms with Gasteiger partial charge in [0.15, 0.2) is 0 Å². The maximum absolute atomic E-state index is 9.70. The molecule has 0 radical (unpaired) electrons. The lowest BCUT2D eigenvalue weighted by molar-refractivity contribution is 0.0321. The summed E-state index contributed by atoms with van der Waals surface area (Å²) in [5.74, 6) is 0.858. The van der Waals surface area contributed by atoms with Crippen molar-refractivity contribution < 1.29 is 14.6 Å². The van der Waals surface area contributed by atoms with E-state index in [1.54, 1.807) is 7.11 Å². The van der Waals surface area contributed by atoms with Crippen molar-refractivity contribution in [2.24, 2.45) is 0 Å². The lowest BCUT2D eigenvalue weighted by Crippen LogP contribution is -2.24. The fourth-order valence-electron chi connectivity index (χ4n) is 2.10. The Hall–Kier alpha value is -0.620. The first kappa shape index (κ1) is 15.8. The Labute approximate surface area is 128 Å². The fourth-order valence-corrected chi connectivity index (χ4v) is 2.72. The van der Waals surface area contributed by atoms with Gasteiger partial charge in [0.1, 0.15) is 18.5 Å². The van der Waals surface area contributed by atoms with E-state index in [1.807, 2.05) is 13.0 Å². The van der Waals surface area contributed by atoms with Crippen molar-refractivity contribution in [3.8, 4) is 5.75 Å². The first-order valence-electron chi connectivity index (χ1n) is 6.92. The first-order chi connectivity index (χ1) is 9.60. The molecule has 5 heteroatoms. The molecule has 0 amide bonds. The molecule has 0 heterocycles. The van der Waals surface area contributed by atoms with E-state index in [0.29, 0.717) is 6.04 Å². The van der Waals surface area contributed by atoms with Crippen molar-refractivity contribution in [2.45, 2.75) is 38.5 Å². The second-order valence-corrected chi connectivity index (χ2v) is 6.20. The molecule has 0 aromatic heterocycles. The van der Waals surface area contributed by atoms with Gasteiger partial charge >= 0.3 is 0 Å². The molecule has 112 valence electrons. The van der Waals surface area contributed by atoms with Gasteiger partial charge in [-0.1, -0.05) is 15.9 Å². The molecule has 4 nitrogen and oxygen atoms in total. The van der Waals surface area contributed by atoms with E-state index in [2.05, 4.69) is 27.3 Å². The van der Waals surface area contributed by atoms with Gasteiger partial charge in [-0.15, -0.1) is 0 Å². The predicted molar refractivity (Wildman–Crippen MR) is 82.1 cm³/mol. The van der Waals surface area contributed by atoms with Crippen molar-refractivity contribution in [2.75, 3.05) is 20.3 Å². The zero-order valence-corrected chi connectivity index (χ0v) is 13.6. The second kappa shape index (κ2) is 7.41. The van der Waals surface area contributed by atoms with Gasteiger partial charge in [-0.25, -0.2) is 0 Å². The number of methoxy groups -OCH3 is 1. The molecule has 0 spiro atoms. The van der Waals surface area contributed by atoms with Gasteiger partial charge in [0, 0.05) is 29.7 Å². The molecule has 1 atom stereocenters. The van der Waals surface area contributed by atoms with Gasteiger partial charge in [-0.05, 0) is 37.5 Å². The quantitative estimate of drug-likeness (QED) is 0.760. The Morgan fingerprint density at radius 3 is 2.80 bits per heavy atom. The average molecular weight is 344 g/mol. The Bertz CT molecular complexity index is 449. The Kier molecular flexibility index (Phi) is 5.84. The highest BCUT2D eigenvalue weighted by Gasteiger charge is 2.21. The van der Waals surface area contributed by atoms with E-state index in [0.717, 1.165) is 27.9 Å². The zero-order chi connectivity index (χ0) is 14.5. The van der Waals surface area contributed by atoms with Gasteiger partial charge in [0.2, 0.25) is 0 Å². The summed E-state index contributed by atoms with van der Waals surface area (Å²) in [6, 6.07) is 4.75. The number of hydrogen-bond donors (Lipinski definition) is 2. The van der Waals surface area contributed by atoms with Gasteiger partial charge in [-0.3, -0.25) is 0 Å². The number of aliphatic hydroxyl groups excluding tert-OH is 1. The maximum atomic E-state index is 9.70. The minimum Gasteiger partial charge on any atom is -0.490 e. The largest absolute Gasteiger partial charge is 0.490 e. The summed E-state index contributed by atoms with van der Waals surface area (Å²) in [6.07, 6.45) is 1.91. The van der Waals surface area contributed by atoms with Crippen LogP contribution in [0, 0.1) is 6.92 Å². The number of rotatable bonds is 8. The number of nitrogens with one attached hydrogen (secondary N) is 1. The van der Waals surface area contributed by atoms with Crippen LogP contribution in [0.5, 0.6) is 5.75 Å². The van der Waals surface area contributed by atoms with Gasteiger partial charge in [-0.2, -0.15) is 0 Å². The monoisotopic (exact) mass is 343 g/mol. The lowest BCUT2D eigenvalue weighted by Gasteiger charge is -2.17. The summed E-state index contributed by atoms with van der Waals surface area (Å²) in [5.41, 5.74) is 2.19. The molecule has 1 aromatic rings. The van der Waals surface area contributed by atoms with Gasteiger partial charge < -0.3 is 19.9 Å². The fraction of sp³-hybridized carbons (Fsp3) is 0.600. The standard InChI is InChI=1S/C15H22BrNO3/c1-10-5-12(16)6-11(7-17-13-3-4-13)15(10)20-9-14(18)8-19-2/h5-6,13-14,17-18H,3-4,7-9H2,1-2H3. The van der Waals surface area contributed by atoms with Crippen molar-refractivity contribution in [3.63, 3.8) is 0 Å². The third-order valence-corrected chi connectivity index (χ3v) is 3.71. The Morgan fingerprint density at radius 2 is 2.15 bits per heavy atom. The topological polar surface area (TPSA) is 50.7 Å². The minimum atomic E-state index is -0.604. The van der Waals surface area contributed by atoms with E-state index < -0.39 is 6.10 Å². The van der Waals surface area contributed by atoms with Crippen molar-refractivity contribution in [3.05, 3.63) is 27.7 Å². The molecule has 2 rings (SSSR count). The first-order valence-corrected chi connectivity index (χ1v) is 7.71. The number of aryl methyl sites for hydroxylation is 1. The van der Waals surface area contributed by atoms with Crippen LogP contribution in [0.15, 0.2) is 16.6 Å². The van der Waals surface area contributed by atoms with Crippen LogP contribution < -0.4 is 10.1 Å². The Morgan fingerprint density at radius 1 is 1.40 bits per heavy atom. The predicted octanol–water partition coefficient (Wildman–Crippen LogP) is 2.40. The molecule has 20 heavy (non-hydrogen) atoms. The highest BCUT2D eigenvalue weighted by molar-refractivity contribution is 9.10. The van der Waals surface area contributed by atoms with Crippen molar-refractivity contribution >= 4 is 15.9 Å². The normalized spacial score (nSPS) is 16.2. The van der Waals surface area contributed by atoms with E-state index in [1.165, 1.54) is 12.8 Å². The summed E-state index contributed by atoms with van der Waals surface area (Å²) in [7, 11) is 1.57.